The molecule has 0 bridgehead atoms. The van der Waals surface area contributed by atoms with Crippen molar-refractivity contribution in [1.82, 2.24) is 15.0 Å². The van der Waals surface area contributed by atoms with Gasteiger partial charge in [0.15, 0.2) is 5.76 Å². The lowest BCUT2D eigenvalue weighted by molar-refractivity contribution is 0.0593. The van der Waals surface area contributed by atoms with Crippen LogP contribution in [-0.4, -0.2) is 47.0 Å². The Bertz CT molecular complexity index is 666. The van der Waals surface area contributed by atoms with E-state index >= 15 is 0 Å². The van der Waals surface area contributed by atoms with Crippen molar-refractivity contribution in [2.45, 2.75) is 33.2 Å². The number of hydrogen-bond acceptors (Lipinski definition) is 5. The normalized spacial score (nSPS) is 16.3. The maximum atomic E-state index is 12.6. The van der Waals surface area contributed by atoms with Gasteiger partial charge in [0.2, 0.25) is 0 Å². The van der Waals surface area contributed by atoms with Gasteiger partial charge in [0.1, 0.15) is 5.76 Å². The second-order valence-electron chi connectivity index (χ2n) is 6.36. The molecule has 0 spiro atoms. The van der Waals surface area contributed by atoms with Crippen LogP contribution in [0.25, 0.3) is 0 Å². The highest BCUT2D eigenvalue weighted by molar-refractivity contribution is 5.93. The van der Waals surface area contributed by atoms with E-state index in [1.165, 1.54) is 0 Å². The SMILES string of the molecule is Cc1cc(CN2CCN(C(=O)c3occc3C(C)C)CC2)no1. The Hall–Kier alpha value is -2.08. The Morgan fingerprint density at radius 3 is 2.65 bits per heavy atom. The highest BCUT2D eigenvalue weighted by atomic mass is 16.5. The van der Waals surface area contributed by atoms with Crippen LogP contribution in [0.1, 0.15) is 47.3 Å². The number of nitrogens with zero attached hydrogens (tertiary/aromatic N) is 3. The van der Waals surface area contributed by atoms with E-state index in [0.717, 1.165) is 36.7 Å². The van der Waals surface area contributed by atoms with E-state index in [2.05, 4.69) is 23.9 Å². The fourth-order valence-corrected chi connectivity index (χ4v) is 2.92. The van der Waals surface area contributed by atoms with Crippen molar-refractivity contribution in [1.29, 1.82) is 0 Å². The van der Waals surface area contributed by atoms with Crippen LogP contribution in [0.15, 0.2) is 27.3 Å². The van der Waals surface area contributed by atoms with Gasteiger partial charge in [0.25, 0.3) is 5.91 Å². The molecule has 1 aliphatic rings. The Morgan fingerprint density at radius 2 is 2.04 bits per heavy atom. The summed E-state index contributed by atoms with van der Waals surface area (Å²) < 4.78 is 10.5. The molecule has 1 saturated heterocycles. The highest BCUT2D eigenvalue weighted by Crippen LogP contribution is 2.22. The van der Waals surface area contributed by atoms with E-state index < -0.39 is 0 Å². The maximum Gasteiger partial charge on any atom is 0.289 e. The van der Waals surface area contributed by atoms with Crippen LogP contribution in [0, 0.1) is 6.92 Å². The second kappa shape index (κ2) is 6.58. The minimum atomic E-state index is -0.00405. The molecule has 0 saturated carbocycles. The van der Waals surface area contributed by atoms with Crippen LogP contribution in [-0.2, 0) is 6.54 Å². The predicted octanol–water partition coefficient (Wildman–Crippen LogP) is 2.66. The summed E-state index contributed by atoms with van der Waals surface area (Å²) in [6.07, 6.45) is 1.60. The summed E-state index contributed by atoms with van der Waals surface area (Å²) in [4.78, 5) is 16.8. The molecule has 124 valence electrons. The molecule has 6 heteroatoms. The predicted molar refractivity (Wildman–Crippen MR) is 85.2 cm³/mol. The van der Waals surface area contributed by atoms with E-state index in [1.807, 2.05) is 24.0 Å². The second-order valence-corrected chi connectivity index (χ2v) is 6.36. The number of piperazine rings is 1. The quantitative estimate of drug-likeness (QED) is 0.867. The zero-order valence-electron chi connectivity index (χ0n) is 13.9. The third-order valence-electron chi connectivity index (χ3n) is 4.23. The molecule has 0 unspecified atom stereocenters. The summed E-state index contributed by atoms with van der Waals surface area (Å²) in [6.45, 7) is 9.85. The van der Waals surface area contributed by atoms with Crippen molar-refractivity contribution in [3.05, 3.63) is 41.2 Å². The Labute approximate surface area is 136 Å². The summed E-state index contributed by atoms with van der Waals surface area (Å²) in [7, 11) is 0. The minimum Gasteiger partial charge on any atom is -0.459 e. The van der Waals surface area contributed by atoms with Gasteiger partial charge in [-0.05, 0) is 18.9 Å². The summed E-state index contributed by atoms with van der Waals surface area (Å²) in [5, 5.41) is 4.02. The lowest BCUT2D eigenvalue weighted by atomic mass is 10.0. The van der Waals surface area contributed by atoms with Gasteiger partial charge in [-0.25, -0.2) is 0 Å². The highest BCUT2D eigenvalue weighted by Gasteiger charge is 2.27. The van der Waals surface area contributed by atoms with Crippen molar-refractivity contribution in [3.63, 3.8) is 0 Å². The smallest absolute Gasteiger partial charge is 0.289 e. The van der Waals surface area contributed by atoms with Crippen LogP contribution in [0.3, 0.4) is 0 Å². The molecule has 1 fully saturated rings. The van der Waals surface area contributed by atoms with Crippen molar-refractivity contribution in [2.24, 2.45) is 0 Å². The molecule has 3 heterocycles. The molecule has 0 N–H and O–H groups in total. The summed E-state index contributed by atoms with van der Waals surface area (Å²) in [6, 6.07) is 3.84. The number of amides is 1. The lowest BCUT2D eigenvalue weighted by Gasteiger charge is -2.34. The number of aryl methyl sites for hydroxylation is 1. The number of aromatic nitrogens is 1. The monoisotopic (exact) mass is 317 g/mol. The van der Waals surface area contributed by atoms with Gasteiger partial charge < -0.3 is 13.8 Å². The van der Waals surface area contributed by atoms with Gasteiger partial charge in [0, 0.05) is 44.4 Å². The lowest BCUT2D eigenvalue weighted by Crippen LogP contribution is -2.48. The minimum absolute atomic E-state index is 0.00405. The van der Waals surface area contributed by atoms with Crippen molar-refractivity contribution >= 4 is 5.91 Å². The first-order chi connectivity index (χ1) is 11.0. The molecule has 0 atom stereocenters. The zero-order chi connectivity index (χ0) is 16.4. The number of rotatable bonds is 4. The molecule has 0 aromatic carbocycles. The van der Waals surface area contributed by atoms with E-state index in [0.29, 0.717) is 18.8 Å². The third-order valence-corrected chi connectivity index (χ3v) is 4.23. The molecule has 0 radical (unpaired) electrons. The molecule has 3 rings (SSSR count). The zero-order valence-corrected chi connectivity index (χ0v) is 13.9. The molecule has 0 aliphatic carbocycles. The van der Waals surface area contributed by atoms with Crippen molar-refractivity contribution in [2.75, 3.05) is 26.2 Å². The van der Waals surface area contributed by atoms with E-state index in [1.54, 1.807) is 6.26 Å². The molecule has 1 aliphatic heterocycles. The standard InChI is InChI=1S/C17H23N3O3/c1-12(2)15-4-9-22-16(15)17(21)20-7-5-19(6-8-20)11-14-10-13(3)23-18-14/h4,9-10,12H,5-8,11H2,1-3H3. The van der Waals surface area contributed by atoms with Crippen LogP contribution in [0.4, 0.5) is 0 Å². The average molecular weight is 317 g/mol. The number of furan rings is 1. The fraction of sp³-hybridized carbons (Fsp3) is 0.529. The molecule has 23 heavy (non-hydrogen) atoms. The molecule has 6 nitrogen and oxygen atoms in total. The van der Waals surface area contributed by atoms with Crippen LogP contribution in [0.5, 0.6) is 0 Å². The van der Waals surface area contributed by atoms with Crippen LogP contribution < -0.4 is 0 Å². The summed E-state index contributed by atoms with van der Waals surface area (Å²) in [5.74, 6) is 1.59. The first-order valence-electron chi connectivity index (χ1n) is 8.06. The third kappa shape index (κ3) is 3.47. The Kier molecular flexibility index (Phi) is 4.52. The van der Waals surface area contributed by atoms with E-state index in [4.69, 9.17) is 8.94 Å². The fourth-order valence-electron chi connectivity index (χ4n) is 2.92. The van der Waals surface area contributed by atoms with Gasteiger partial charge in [-0.15, -0.1) is 0 Å². The summed E-state index contributed by atoms with van der Waals surface area (Å²) >= 11 is 0. The Balaban J connectivity index is 1.58. The molecule has 1 amide bonds. The van der Waals surface area contributed by atoms with Gasteiger partial charge >= 0.3 is 0 Å². The topological polar surface area (TPSA) is 62.7 Å². The maximum absolute atomic E-state index is 12.6. The van der Waals surface area contributed by atoms with Gasteiger partial charge in [0.05, 0.1) is 12.0 Å². The van der Waals surface area contributed by atoms with Crippen molar-refractivity contribution < 1.29 is 13.7 Å². The number of carbonyl (C=O) groups is 1. The average Bonchev–Trinajstić information content (AvgIpc) is 3.16. The summed E-state index contributed by atoms with van der Waals surface area (Å²) in [5.41, 5.74) is 1.92. The number of hydrogen-bond donors (Lipinski definition) is 0. The Morgan fingerprint density at radius 1 is 1.30 bits per heavy atom. The molecule has 2 aromatic rings. The van der Waals surface area contributed by atoms with Crippen LogP contribution in [0.2, 0.25) is 0 Å². The first kappa shape index (κ1) is 15.8. The first-order valence-corrected chi connectivity index (χ1v) is 8.06. The van der Waals surface area contributed by atoms with Gasteiger partial charge in [-0.3, -0.25) is 9.69 Å². The van der Waals surface area contributed by atoms with Gasteiger partial charge in [-0.2, -0.15) is 0 Å². The van der Waals surface area contributed by atoms with E-state index in [9.17, 15) is 4.79 Å². The van der Waals surface area contributed by atoms with Crippen molar-refractivity contribution in [3.8, 4) is 0 Å². The van der Waals surface area contributed by atoms with E-state index in [-0.39, 0.29) is 11.8 Å². The van der Waals surface area contributed by atoms with Crippen LogP contribution >= 0.6 is 0 Å². The molecule has 2 aromatic heterocycles. The van der Waals surface area contributed by atoms with Gasteiger partial charge in [-0.1, -0.05) is 19.0 Å². The molecular formula is C17H23N3O3. The number of carbonyl (C=O) groups excluding carboxylic acids is 1. The molecular weight excluding hydrogens is 294 g/mol. The largest absolute Gasteiger partial charge is 0.459 e.